The lowest BCUT2D eigenvalue weighted by Gasteiger charge is -2.23. The van der Waals surface area contributed by atoms with Crippen LogP contribution in [0.1, 0.15) is 24.6 Å². The second-order valence-electron chi connectivity index (χ2n) is 3.73. The van der Waals surface area contributed by atoms with Gasteiger partial charge >= 0.3 is 5.69 Å². The fourth-order valence-electron chi connectivity index (χ4n) is 1.96. The first-order valence-electron chi connectivity index (χ1n) is 4.91. The van der Waals surface area contributed by atoms with E-state index < -0.39 is 0 Å². The van der Waals surface area contributed by atoms with Gasteiger partial charge in [0.15, 0.2) is 0 Å². The van der Waals surface area contributed by atoms with Crippen molar-refractivity contribution in [1.29, 1.82) is 0 Å². The van der Waals surface area contributed by atoms with Crippen molar-refractivity contribution in [3.63, 3.8) is 0 Å². The lowest BCUT2D eigenvalue weighted by atomic mass is 10.1. The summed E-state index contributed by atoms with van der Waals surface area (Å²) in [6, 6.07) is 0.133. The number of imidazole rings is 1. The third kappa shape index (κ3) is 1.43. The molecule has 0 spiro atoms. The van der Waals surface area contributed by atoms with Crippen LogP contribution in [0.25, 0.3) is 0 Å². The SMILES string of the molecule is Cc1[nH]c(=O)n(C2CCNCC2)c1O. The molecule has 3 N–H and O–H groups in total. The summed E-state index contributed by atoms with van der Waals surface area (Å²) in [4.78, 5) is 14.1. The number of H-pyrrole nitrogens is 1. The van der Waals surface area contributed by atoms with E-state index in [0.717, 1.165) is 25.9 Å². The van der Waals surface area contributed by atoms with Gasteiger partial charge in [0.25, 0.3) is 0 Å². The molecule has 0 amide bonds. The van der Waals surface area contributed by atoms with Gasteiger partial charge in [-0.15, -0.1) is 0 Å². The van der Waals surface area contributed by atoms with Gasteiger partial charge < -0.3 is 15.4 Å². The minimum atomic E-state index is -0.202. The molecule has 1 aliphatic rings. The highest BCUT2D eigenvalue weighted by atomic mass is 16.3. The van der Waals surface area contributed by atoms with Crippen LogP contribution in [0.2, 0.25) is 0 Å². The van der Waals surface area contributed by atoms with Crippen LogP contribution in [-0.4, -0.2) is 27.7 Å². The van der Waals surface area contributed by atoms with Crippen molar-refractivity contribution in [2.45, 2.75) is 25.8 Å². The molecule has 0 atom stereocenters. The van der Waals surface area contributed by atoms with E-state index >= 15 is 0 Å². The van der Waals surface area contributed by atoms with E-state index in [1.165, 1.54) is 4.57 Å². The number of rotatable bonds is 1. The lowest BCUT2D eigenvalue weighted by molar-refractivity contribution is 0.317. The van der Waals surface area contributed by atoms with Crippen LogP contribution < -0.4 is 11.0 Å². The van der Waals surface area contributed by atoms with Gasteiger partial charge in [0.1, 0.15) is 0 Å². The predicted molar refractivity (Wildman–Crippen MR) is 52.6 cm³/mol. The number of aromatic amines is 1. The maximum absolute atomic E-state index is 11.5. The minimum Gasteiger partial charge on any atom is -0.493 e. The second kappa shape index (κ2) is 3.49. The fourth-order valence-corrected chi connectivity index (χ4v) is 1.96. The molecule has 14 heavy (non-hydrogen) atoms. The molecule has 0 aromatic carbocycles. The van der Waals surface area contributed by atoms with Crippen molar-refractivity contribution in [2.24, 2.45) is 0 Å². The highest BCUT2D eigenvalue weighted by Gasteiger charge is 2.20. The van der Waals surface area contributed by atoms with Gasteiger partial charge in [-0.2, -0.15) is 0 Å². The molecule has 0 unspecified atom stereocenters. The highest BCUT2D eigenvalue weighted by molar-refractivity contribution is 5.17. The van der Waals surface area contributed by atoms with Crippen molar-refractivity contribution < 1.29 is 5.11 Å². The van der Waals surface area contributed by atoms with Crippen LogP contribution >= 0.6 is 0 Å². The highest BCUT2D eigenvalue weighted by Crippen LogP contribution is 2.23. The molecule has 0 saturated carbocycles. The molecular formula is C9H15N3O2. The van der Waals surface area contributed by atoms with Crippen molar-refractivity contribution in [2.75, 3.05) is 13.1 Å². The first kappa shape index (κ1) is 9.33. The standard InChI is InChI=1S/C9H15N3O2/c1-6-8(13)12(9(14)11-6)7-2-4-10-5-3-7/h7,10,13H,2-5H2,1H3,(H,11,14). The van der Waals surface area contributed by atoms with Gasteiger partial charge in [-0.25, -0.2) is 4.79 Å². The summed E-state index contributed by atoms with van der Waals surface area (Å²) >= 11 is 0. The molecule has 78 valence electrons. The first-order chi connectivity index (χ1) is 6.70. The largest absolute Gasteiger partial charge is 0.493 e. The van der Waals surface area contributed by atoms with E-state index in [0.29, 0.717) is 5.69 Å². The Morgan fingerprint density at radius 1 is 1.43 bits per heavy atom. The molecule has 1 fully saturated rings. The maximum Gasteiger partial charge on any atom is 0.328 e. The first-order valence-corrected chi connectivity index (χ1v) is 4.91. The van der Waals surface area contributed by atoms with Crippen molar-refractivity contribution >= 4 is 0 Å². The summed E-state index contributed by atoms with van der Waals surface area (Å²) in [5.74, 6) is 0.0851. The van der Waals surface area contributed by atoms with E-state index in [9.17, 15) is 9.90 Å². The summed E-state index contributed by atoms with van der Waals surface area (Å²) < 4.78 is 1.47. The Hall–Kier alpha value is -1.23. The molecule has 1 aliphatic heterocycles. The molecule has 0 radical (unpaired) electrons. The number of aromatic nitrogens is 2. The molecule has 2 rings (SSSR count). The molecule has 1 aromatic rings. The second-order valence-corrected chi connectivity index (χ2v) is 3.73. The lowest BCUT2D eigenvalue weighted by Crippen LogP contribution is -2.33. The smallest absolute Gasteiger partial charge is 0.328 e. The zero-order valence-electron chi connectivity index (χ0n) is 8.21. The number of nitrogens with one attached hydrogen (secondary N) is 2. The number of piperidine rings is 1. The van der Waals surface area contributed by atoms with Crippen LogP contribution in [0, 0.1) is 6.92 Å². The Labute approximate surface area is 81.8 Å². The zero-order chi connectivity index (χ0) is 10.1. The predicted octanol–water partition coefficient (Wildman–Crippen LogP) is 0.115. The normalized spacial score (nSPS) is 18.6. The summed E-state index contributed by atoms with van der Waals surface area (Å²) in [7, 11) is 0. The third-order valence-corrected chi connectivity index (χ3v) is 2.75. The van der Waals surface area contributed by atoms with Gasteiger partial charge in [-0.05, 0) is 32.9 Å². The van der Waals surface area contributed by atoms with Gasteiger partial charge in [0.05, 0.1) is 5.69 Å². The molecule has 0 aliphatic carbocycles. The average molecular weight is 197 g/mol. The zero-order valence-corrected chi connectivity index (χ0v) is 8.21. The monoisotopic (exact) mass is 197 g/mol. The Kier molecular flexibility index (Phi) is 2.33. The van der Waals surface area contributed by atoms with Gasteiger partial charge in [-0.3, -0.25) is 4.57 Å². The number of hydrogen-bond acceptors (Lipinski definition) is 3. The molecule has 0 bridgehead atoms. The van der Waals surface area contributed by atoms with E-state index in [4.69, 9.17) is 0 Å². The Bertz CT molecular complexity index is 374. The number of aryl methyl sites for hydroxylation is 1. The van der Waals surface area contributed by atoms with Crippen molar-refractivity contribution in [3.8, 4) is 5.88 Å². The average Bonchev–Trinajstić information content (AvgIpc) is 2.43. The quantitative estimate of drug-likeness (QED) is 0.598. The van der Waals surface area contributed by atoms with E-state index in [-0.39, 0.29) is 17.6 Å². The summed E-state index contributed by atoms with van der Waals surface area (Å²) in [6.45, 7) is 3.51. The Balaban J connectivity index is 2.34. The van der Waals surface area contributed by atoms with Crippen molar-refractivity contribution in [3.05, 3.63) is 16.2 Å². The number of aromatic hydroxyl groups is 1. The topological polar surface area (TPSA) is 70.0 Å². The molecule has 5 nitrogen and oxygen atoms in total. The molecule has 2 heterocycles. The molecule has 5 heteroatoms. The van der Waals surface area contributed by atoms with Crippen LogP contribution in [-0.2, 0) is 0 Å². The van der Waals surface area contributed by atoms with E-state index in [1.54, 1.807) is 6.92 Å². The maximum atomic E-state index is 11.5. The van der Waals surface area contributed by atoms with Gasteiger partial charge in [-0.1, -0.05) is 0 Å². The molecule has 1 saturated heterocycles. The Morgan fingerprint density at radius 3 is 2.57 bits per heavy atom. The van der Waals surface area contributed by atoms with Crippen LogP contribution in [0.4, 0.5) is 0 Å². The van der Waals surface area contributed by atoms with Gasteiger partial charge in [0.2, 0.25) is 5.88 Å². The van der Waals surface area contributed by atoms with Gasteiger partial charge in [0, 0.05) is 6.04 Å². The molecule has 1 aromatic heterocycles. The summed E-state index contributed by atoms with van der Waals surface area (Å²) in [5.41, 5.74) is 0.348. The van der Waals surface area contributed by atoms with Crippen LogP contribution in [0.3, 0.4) is 0 Å². The van der Waals surface area contributed by atoms with Crippen LogP contribution in [0.15, 0.2) is 4.79 Å². The third-order valence-electron chi connectivity index (χ3n) is 2.75. The Morgan fingerprint density at radius 2 is 2.07 bits per heavy atom. The fraction of sp³-hybridized carbons (Fsp3) is 0.667. The minimum absolute atomic E-state index is 0.0851. The van der Waals surface area contributed by atoms with E-state index in [1.807, 2.05) is 0 Å². The number of hydrogen-bond donors (Lipinski definition) is 3. The van der Waals surface area contributed by atoms with Crippen molar-refractivity contribution in [1.82, 2.24) is 14.9 Å². The molecular weight excluding hydrogens is 182 g/mol. The van der Waals surface area contributed by atoms with Crippen LogP contribution in [0.5, 0.6) is 5.88 Å². The summed E-state index contributed by atoms with van der Waals surface area (Å²) in [5, 5.41) is 12.9. The number of nitrogens with zero attached hydrogens (tertiary/aromatic N) is 1. The van der Waals surface area contributed by atoms with E-state index in [2.05, 4.69) is 10.3 Å². The summed E-state index contributed by atoms with van der Waals surface area (Å²) in [6.07, 6.45) is 1.79.